The predicted molar refractivity (Wildman–Crippen MR) is 83.3 cm³/mol. The summed E-state index contributed by atoms with van der Waals surface area (Å²) in [4.78, 5) is 14.4. The quantitative estimate of drug-likeness (QED) is 0.843. The summed E-state index contributed by atoms with van der Waals surface area (Å²) in [6, 6.07) is 11.4. The molecule has 0 saturated carbocycles. The summed E-state index contributed by atoms with van der Waals surface area (Å²) in [5.41, 5.74) is 1.42. The molecule has 1 aromatic carbocycles. The lowest BCUT2D eigenvalue weighted by atomic mass is 10.1. The summed E-state index contributed by atoms with van der Waals surface area (Å²) in [6.45, 7) is 3.26. The van der Waals surface area contributed by atoms with Crippen LogP contribution < -0.4 is 4.74 Å². The first kappa shape index (κ1) is 14.3. The standard InChI is InChI=1S/C17H19N3O3/c21-17-16-10-13(12-23-14-4-2-1-3-5-14)18-20(16)8-7-19(17)11-15-6-9-22-15/h1-5,10,15H,6-9,11-12H2/t15-/m0/s1. The Kier molecular flexibility index (Phi) is 3.75. The number of carbonyl (C=O) groups excluding carboxylic acids is 1. The second-order valence-electron chi connectivity index (χ2n) is 5.88. The summed E-state index contributed by atoms with van der Waals surface area (Å²) in [7, 11) is 0. The van der Waals surface area contributed by atoms with E-state index >= 15 is 0 Å². The molecule has 1 aromatic heterocycles. The fourth-order valence-electron chi connectivity index (χ4n) is 2.88. The molecule has 1 saturated heterocycles. The maximum absolute atomic E-state index is 12.5. The van der Waals surface area contributed by atoms with E-state index in [1.54, 1.807) is 4.68 Å². The molecule has 0 unspecified atom stereocenters. The van der Waals surface area contributed by atoms with E-state index in [9.17, 15) is 4.79 Å². The van der Waals surface area contributed by atoms with Crippen molar-refractivity contribution in [2.45, 2.75) is 25.7 Å². The molecular formula is C17H19N3O3. The molecule has 2 aliphatic heterocycles. The summed E-state index contributed by atoms with van der Waals surface area (Å²) in [5, 5.41) is 4.48. The number of hydrogen-bond acceptors (Lipinski definition) is 4. The lowest BCUT2D eigenvalue weighted by Crippen LogP contribution is -2.47. The van der Waals surface area contributed by atoms with Gasteiger partial charge in [-0.15, -0.1) is 0 Å². The van der Waals surface area contributed by atoms with Crippen LogP contribution in [0.2, 0.25) is 0 Å². The zero-order valence-electron chi connectivity index (χ0n) is 12.9. The lowest BCUT2D eigenvalue weighted by molar-refractivity contribution is -0.0640. The molecule has 2 aliphatic rings. The maximum atomic E-state index is 12.5. The van der Waals surface area contributed by atoms with Crippen LogP contribution in [-0.2, 0) is 17.9 Å². The number of amides is 1. The number of hydrogen-bond donors (Lipinski definition) is 0. The third-order valence-corrected chi connectivity index (χ3v) is 4.27. The van der Waals surface area contributed by atoms with Crippen LogP contribution >= 0.6 is 0 Å². The molecule has 6 nitrogen and oxygen atoms in total. The van der Waals surface area contributed by atoms with Crippen molar-refractivity contribution in [2.24, 2.45) is 0 Å². The molecule has 1 amide bonds. The van der Waals surface area contributed by atoms with Crippen molar-refractivity contribution >= 4 is 5.91 Å². The van der Waals surface area contributed by atoms with Crippen molar-refractivity contribution in [2.75, 3.05) is 19.7 Å². The molecule has 3 heterocycles. The Morgan fingerprint density at radius 3 is 2.83 bits per heavy atom. The van der Waals surface area contributed by atoms with Crippen molar-refractivity contribution in [3.05, 3.63) is 47.8 Å². The zero-order chi connectivity index (χ0) is 15.6. The number of fused-ring (bicyclic) bond motifs is 1. The minimum Gasteiger partial charge on any atom is -0.487 e. The molecular weight excluding hydrogens is 294 g/mol. The van der Waals surface area contributed by atoms with Crippen molar-refractivity contribution in [1.29, 1.82) is 0 Å². The van der Waals surface area contributed by atoms with Crippen LogP contribution in [-0.4, -0.2) is 46.4 Å². The van der Waals surface area contributed by atoms with Gasteiger partial charge in [-0.3, -0.25) is 9.48 Å². The number of benzene rings is 1. The van der Waals surface area contributed by atoms with E-state index in [2.05, 4.69) is 5.10 Å². The Morgan fingerprint density at radius 2 is 2.09 bits per heavy atom. The van der Waals surface area contributed by atoms with Crippen LogP contribution in [0, 0.1) is 0 Å². The van der Waals surface area contributed by atoms with Gasteiger partial charge in [0.15, 0.2) is 0 Å². The first-order chi connectivity index (χ1) is 11.3. The van der Waals surface area contributed by atoms with E-state index in [4.69, 9.17) is 9.47 Å². The lowest BCUT2D eigenvalue weighted by Gasteiger charge is -2.34. The van der Waals surface area contributed by atoms with Crippen molar-refractivity contribution in [3.63, 3.8) is 0 Å². The van der Waals surface area contributed by atoms with Crippen LogP contribution in [0.1, 0.15) is 22.6 Å². The number of nitrogens with zero attached hydrogens (tertiary/aromatic N) is 3. The van der Waals surface area contributed by atoms with Gasteiger partial charge in [-0.25, -0.2) is 0 Å². The fourth-order valence-corrected chi connectivity index (χ4v) is 2.88. The average molecular weight is 313 g/mol. The van der Waals surface area contributed by atoms with Gasteiger partial charge in [0.1, 0.15) is 23.7 Å². The molecule has 0 bridgehead atoms. The average Bonchev–Trinajstić information content (AvgIpc) is 2.96. The van der Waals surface area contributed by atoms with Crippen LogP contribution in [0.5, 0.6) is 5.75 Å². The molecule has 1 fully saturated rings. The predicted octanol–water partition coefficient (Wildman–Crippen LogP) is 1.71. The Morgan fingerprint density at radius 1 is 1.26 bits per heavy atom. The van der Waals surface area contributed by atoms with Gasteiger partial charge in [-0.05, 0) is 24.6 Å². The first-order valence-electron chi connectivity index (χ1n) is 7.95. The highest BCUT2D eigenvalue weighted by molar-refractivity contribution is 5.93. The highest BCUT2D eigenvalue weighted by Gasteiger charge is 2.30. The molecule has 4 rings (SSSR count). The smallest absolute Gasteiger partial charge is 0.272 e. The number of para-hydroxylation sites is 1. The van der Waals surface area contributed by atoms with Gasteiger partial charge < -0.3 is 14.4 Å². The van der Waals surface area contributed by atoms with Crippen molar-refractivity contribution in [1.82, 2.24) is 14.7 Å². The Labute approximate surface area is 134 Å². The van der Waals surface area contributed by atoms with Crippen molar-refractivity contribution in [3.8, 4) is 5.75 Å². The number of aromatic nitrogens is 2. The van der Waals surface area contributed by atoms with Gasteiger partial charge in [-0.2, -0.15) is 5.10 Å². The van der Waals surface area contributed by atoms with Gasteiger partial charge in [-0.1, -0.05) is 18.2 Å². The third kappa shape index (κ3) is 2.94. The molecule has 23 heavy (non-hydrogen) atoms. The first-order valence-corrected chi connectivity index (χ1v) is 7.95. The summed E-state index contributed by atoms with van der Waals surface area (Å²) in [6.07, 6.45) is 1.24. The second kappa shape index (κ2) is 6.04. The second-order valence-corrected chi connectivity index (χ2v) is 5.88. The molecule has 0 N–H and O–H groups in total. The molecule has 2 aromatic rings. The largest absolute Gasteiger partial charge is 0.487 e. The molecule has 0 aliphatic carbocycles. The van der Waals surface area contributed by atoms with Gasteiger partial charge in [0.2, 0.25) is 0 Å². The van der Waals surface area contributed by atoms with Crippen LogP contribution in [0.15, 0.2) is 36.4 Å². The number of ether oxygens (including phenoxy) is 2. The topological polar surface area (TPSA) is 56.6 Å². The maximum Gasteiger partial charge on any atom is 0.272 e. The number of carbonyl (C=O) groups is 1. The SMILES string of the molecule is O=C1c2cc(COc3ccccc3)nn2CCN1C[C@@H]1CCO1. The highest BCUT2D eigenvalue weighted by atomic mass is 16.5. The highest BCUT2D eigenvalue weighted by Crippen LogP contribution is 2.19. The van der Waals surface area contributed by atoms with E-state index in [1.165, 1.54) is 0 Å². The van der Waals surface area contributed by atoms with E-state index in [-0.39, 0.29) is 12.0 Å². The van der Waals surface area contributed by atoms with Gasteiger partial charge in [0, 0.05) is 19.7 Å². The molecule has 1 atom stereocenters. The monoisotopic (exact) mass is 313 g/mol. The normalized spacial score (nSPS) is 20.1. The van der Waals surface area contributed by atoms with Crippen molar-refractivity contribution < 1.29 is 14.3 Å². The minimum absolute atomic E-state index is 0.0326. The van der Waals surface area contributed by atoms with E-state index < -0.39 is 0 Å². The third-order valence-electron chi connectivity index (χ3n) is 4.27. The number of rotatable bonds is 5. The Bertz CT molecular complexity index is 694. The molecule has 6 heteroatoms. The van der Waals surface area contributed by atoms with Crippen LogP contribution in [0.3, 0.4) is 0 Å². The summed E-state index contributed by atoms with van der Waals surface area (Å²) < 4.78 is 12.9. The summed E-state index contributed by atoms with van der Waals surface area (Å²) in [5.74, 6) is 0.832. The van der Waals surface area contributed by atoms with Gasteiger partial charge >= 0.3 is 0 Å². The van der Waals surface area contributed by atoms with E-state index in [0.29, 0.717) is 25.4 Å². The molecule has 120 valence electrons. The van der Waals surface area contributed by atoms with Gasteiger partial charge in [0.05, 0.1) is 12.6 Å². The zero-order valence-corrected chi connectivity index (χ0v) is 12.9. The van der Waals surface area contributed by atoms with E-state index in [0.717, 1.165) is 31.0 Å². The fraction of sp³-hybridized carbons (Fsp3) is 0.412. The summed E-state index contributed by atoms with van der Waals surface area (Å²) >= 11 is 0. The Balaban J connectivity index is 1.42. The molecule has 0 radical (unpaired) electrons. The minimum atomic E-state index is 0.0326. The molecule has 0 spiro atoms. The van der Waals surface area contributed by atoms with Crippen LogP contribution in [0.4, 0.5) is 0 Å². The Hall–Kier alpha value is -2.34. The van der Waals surface area contributed by atoms with Gasteiger partial charge in [0.25, 0.3) is 5.91 Å². The van der Waals surface area contributed by atoms with E-state index in [1.807, 2.05) is 41.3 Å². The van der Waals surface area contributed by atoms with Crippen LogP contribution in [0.25, 0.3) is 0 Å².